The summed E-state index contributed by atoms with van der Waals surface area (Å²) in [5.41, 5.74) is 3.32. The lowest BCUT2D eigenvalue weighted by Gasteiger charge is -2.21. The molecule has 0 atom stereocenters. The van der Waals surface area contributed by atoms with Crippen LogP contribution < -0.4 is 15.4 Å². The zero-order chi connectivity index (χ0) is 30.1. The average molecular weight is 570 g/mol. The fraction of sp³-hybridized carbons (Fsp3) is 0.379. The molecule has 2 aromatic heterocycles. The van der Waals surface area contributed by atoms with E-state index in [2.05, 4.69) is 26.0 Å². The number of carbonyl (C=O) groups is 1. The van der Waals surface area contributed by atoms with Gasteiger partial charge in [0.05, 0.1) is 30.8 Å². The predicted molar refractivity (Wildman–Crippen MR) is 150 cm³/mol. The van der Waals surface area contributed by atoms with Crippen LogP contribution in [0.5, 0.6) is 5.75 Å². The average Bonchev–Trinajstić information content (AvgIpc) is 3.49. The van der Waals surface area contributed by atoms with Gasteiger partial charge in [-0.3, -0.25) is 9.48 Å². The third-order valence-corrected chi connectivity index (χ3v) is 6.63. The van der Waals surface area contributed by atoms with Crippen molar-refractivity contribution < 1.29 is 22.7 Å². The van der Waals surface area contributed by atoms with Gasteiger partial charge in [0.1, 0.15) is 11.4 Å². The number of nitrogens with one attached hydrogen (secondary N) is 2. The maximum Gasteiger partial charge on any atom is 0.420 e. The Bertz CT molecular complexity index is 1570. The van der Waals surface area contributed by atoms with Crippen LogP contribution in [0.4, 0.5) is 18.9 Å². The molecule has 0 radical (unpaired) electrons. The van der Waals surface area contributed by atoms with Crippen LogP contribution in [-0.2, 0) is 19.8 Å². The molecule has 0 aliphatic heterocycles. The zero-order valence-electron chi connectivity index (χ0n) is 24.1. The van der Waals surface area contributed by atoms with E-state index in [1.54, 1.807) is 40.0 Å². The van der Waals surface area contributed by atoms with Crippen LogP contribution in [-0.4, -0.2) is 44.3 Å². The lowest BCUT2D eigenvalue weighted by atomic mass is 9.97. The number of amides is 1. The molecule has 9 nitrogen and oxygen atoms in total. The first-order valence-electron chi connectivity index (χ1n) is 13.0. The molecule has 0 spiro atoms. The van der Waals surface area contributed by atoms with Crippen molar-refractivity contribution in [3.63, 3.8) is 0 Å². The molecule has 0 saturated carbocycles. The quantitative estimate of drug-likeness (QED) is 0.283. The van der Waals surface area contributed by atoms with Crippen LogP contribution in [0.3, 0.4) is 0 Å². The highest BCUT2D eigenvalue weighted by Crippen LogP contribution is 2.40. The van der Waals surface area contributed by atoms with Gasteiger partial charge in [0.25, 0.3) is 5.91 Å². The summed E-state index contributed by atoms with van der Waals surface area (Å²) in [5, 5.41) is 18.5. The standard InChI is InChI=1S/C29H34F3N7O2/c1-17-8-9-19(11-25(17)39-15-24(36-37-39)22-14-34-38(6)18(22)2)27(40)35-21-10-20(13-33-16-28(3,4)5)26(41-7)23(12-21)29(30,31)32/h8-12,14-15,33H,13,16H2,1-7H3,(H,35,40). The van der Waals surface area contributed by atoms with Gasteiger partial charge in [-0.25, -0.2) is 4.68 Å². The summed E-state index contributed by atoms with van der Waals surface area (Å²) in [6.45, 7) is 10.6. The monoisotopic (exact) mass is 569 g/mol. The van der Waals surface area contributed by atoms with E-state index < -0.39 is 17.6 Å². The number of methoxy groups -OCH3 is 1. The molecule has 0 unspecified atom stereocenters. The molecule has 0 aliphatic rings. The summed E-state index contributed by atoms with van der Waals surface area (Å²) < 4.78 is 50.4. The minimum atomic E-state index is -4.68. The Morgan fingerprint density at radius 3 is 2.44 bits per heavy atom. The van der Waals surface area contributed by atoms with E-state index in [-0.39, 0.29) is 34.5 Å². The van der Waals surface area contributed by atoms with Crippen molar-refractivity contribution in [2.75, 3.05) is 19.0 Å². The van der Waals surface area contributed by atoms with Crippen molar-refractivity contribution in [3.05, 3.63) is 70.7 Å². The number of benzene rings is 2. The normalized spacial score (nSPS) is 12.0. The number of hydrogen-bond donors (Lipinski definition) is 2. The number of ether oxygens (including phenoxy) is 1. The van der Waals surface area contributed by atoms with Gasteiger partial charge in [0.15, 0.2) is 0 Å². The number of anilines is 1. The largest absolute Gasteiger partial charge is 0.496 e. The number of nitrogens with zero attached hydrogens (tertiary/aromatic N) is 5. The molecule has 1 amide bonds. The molecule has 2 N–H and O–H groups in total. The Morgan fingerprint density at radius 1 is 1.10 bits per heavy atom. The number of carbonyl (C=O) groups excluding carboxylic acids is 1. The van der Waals surface area contributed by atoms with E-state index in [1.807, 2.05) is 41.7 Å². The van der Waals surface area contributed by atoms with Crippen molar-refractivity contribution in [3.8, 4) is 22.7 Å². The molecule has 4 aromatic rings. The van der Waals surface area contributed by atoms with Gasteiger partial charge in [0, 0.05) is 48.2 Å². The van der Waals surface area contributed by atoms with E-state index in [0.29, 0.717) is 17.9 Å². The van der Waals surface area contributed by atoms with Gasteiger partial charge in [-0.05, 0) is 49.1 Å². The van der Waals surface area contributed by atoms with E-state index in [1.165, 1.54) is 13.2 Å². The van der Waals surface area contributed by atoms with Crippen molar-refractivity contribution in [1.82, 2.24) is 30.1 Å². The lowest BCUT2D eigenvalue weighted by molar-refractivity contribution is -0.138. The number of aryl methyl sites for hydroxylation is 2. The number of alkyl halides is 3. The summed E-state index contributed by atoms with van der Waals surface area (Å²) in [5.74, 6) is -0.845. The molecule has 12 heteroatoms. The maximum absolute atomic E-state index is 14.0. The van der Waals surface area contributed by atoms with Crippen LogP contribution >= 0.6 is 0 Å². The topological polar surface area (TPSA) is 98.9 Å². The van der Waals surface area contributed by atoms with Crippen molar-refractivity contribution in [1.29, 1.82) is 0 Å². The van der Waals surface area contributed by atoms with Gasteiger partial charge in [-0.15, -0.1) is 5.10 Å². The summed E-state index contributed by atoms with van der Waals surface area (Å²) in [4.78, 5) is 13.3. The van der Waals surface area contributed by atoms with E-state index in [0.717, 1.165) is 22.9 Å². The van der Waals surface area contributed by atoms with Gasteiger partial charge in [0.2, 0.25) is 0 Å². The summed E-state index contributed by atoms with van der Waals surface area (Å²) in [6.07, 6.45) is -1.24. The Kier molecular flexibility index (Phi) is 8.25. The van der Waals surface area contributed by atoms with Crippen LogP contribution in [0, 0.1) is 19.3 Å². The Balaban J connectivity index is 1.63. The molecule has 0 fully saturated rings. The number of rotatable bonds is 8. The minimum absolute atomic E-state index is 0.00732. The van der Waals surface area contributed by atoms with E-state index >= 15 is 0 Å². The first-order valence-corrected chi connectivity index (χ1v) is 13.0. The Labute approximate surface area is 236 Å². The highest BCUT2D eigenvalue weighted by molar-refractivity contribution is 6.04. The van der Waals surface area contributed by atoms with E-state index in [9.17, 15) is 18.0 Å². The highest BCUT2D eigenvalue weighted by Gasteiger charge is 2.36. The molecule has 4 rings (SSSR count). The SMILES string of the molecule is COc1c(CNCC(C)(C)C)cc(NC(=O)c2ccc(C)c(-n3cc(-c4cnn(C)c4C)nn3)c2)cc1C(F)(F)F. The number of halogens is 3. The zero-order valence-corrected chi connectivity index (χ0v) is 24.1. The third kappa shape index (κ3) is 6.76. The summed E-state index contributed by atoms with van der Waals surface area (Å²) >= 11 is 0. The molecule has 2 heterocycles. The van der Waals surface area contributed by atoms with Crippen molar-refractivity contribution in [2.45, 2.75) is 47.3 Å². The Morgan fingerprint density at radius 2 is 1.83 bits per heavy atom. The summed E-state index contributed by atoms with van der Waals surface area (Å²) in [7, 11) is 3.04. The van der Waals surface area contributed by atoms with Crippen LogP contribution in [0.2, 0.25) is 0 Å². The van der Waals surface area contributed by atoms with Gasteiger partial charge < -0.3 is 15.4 Å². The van der Waals surface area contributed by atoms with Crippen LogP contribution in [0.25, 0.3) is 16.9 Å². The lowest BCUT2D eigenvalue weighted by Crippen LogP contribution is -2.27. The van der Waals surface area contributed by atoms with Gasteiger partial charge in [-0.1, -0.05) is 32.1 Å². The second-order valence-electron chi connectivity index (χ2n) is 11.1. The molecular formula is C29H34F3N7O2. The molecule has 2 aromatic carbocycles. The Hall–Kier alpha value is -4.19. The number of hydrogen-bond acceptors (Lipinski definition) is 6. The van der Waals surface area contributed by atoms with Crippen LogP contribution in [0.1, 0.15) is 53.5 Å². The smallest absolute Gasteiger partial charge is 0.420 e. The molecule has 218 valence electrons. The van der Waals surface area contributed by atoms with Gasteiger partial charge in [-0.2, -0.15) is 18.3 Å². The van der Waals surface area contributed by atoms with Gasteiger partial charge >= 0.3 is 6.18 Å². The minimum Gasteiger partial charge on any atom is -0.496 e. The van der Waals surface area contributed by atoms with Crippen molar-refractivity contribution >= 4 is 11.6 Å². The second kappa shape index (κ2) is 11.4. The molecule has 41 heavy (non-hydrogen) atoms. The summed E-state index contributed by atoms with van der Waals surface area (Å²) in [6, 6.07) is 7.37. The number of aromatic nitrogens is 5. The highest BCUT2D eigenvalue weighted by atomic mass is 19.4. The maximum atomic E-state index is 14.0. The first-order chi connectivity index (χ1) is 19.2. The first kappa shape index (κ1) is 29.8. The predicted octanol–water partition coefficient (Wildman–Crippen LogP) is 5.70. The second-order valence-corrected chi connectivity index (χ2v) is 11.1. The fourth-order valence-corrected chi connectivity index (χ4v) is 4.37. The van der Waals surface area contributed by atoms with Crippen LogP contribution in [0.15, 0.2) is 42.7 Å². The molecule has 0 bridgehead atoms. The van der Waals surface area contributed by atoms with E-state index in [4.69, 9.17) is 4.74 Å². The molecular weight excluding hydrogens is 535 g/mol. The fourth-order valence-electron chi connectivity index (χ4n) is 4.37. The molecule has 0 aliphatic carbocycles. The molecule has 0 saturated heterocycles. The van der Waals surface area contributed by atoms with Crippen molar-refractivity contribution in [2.24, 2.45) is 12.5 Å². The third-order valence-electron chi connectivity index (χ3n) is 6.63.